The molecule has 0 spiro atoms. The topological polar surface area (TPSA) is 57.2 Å². The lowest BCUT2D eigenvalue weighted by Crippen LogP contribution is -2.23. The lowest BCUT2D eigenvalue weighted by molar-refractivity contribution is 0.340. The van der Waals surface area contributed by atoms with Crippen LogP contribution in [-0.2, 0) is 0 Å². The molecule has 1 saturated carbocycles. The molecule has 0 bridgehead atoms. The maximum atomic E-state index is 12.3. The highest BCUT2D eigenvalue weighted by atomic mass is 16.5. The summed E-state index contributed by atoms with van der Waals surface area (Å²) in [7, 11) is 0. The van der Waals surface area contributed by atoms with Gasteiger partial charge in [-0.1, -0.05) is 12.1 Å². The predicted octanol–water partition coefficient (Wildman–Crippen LogP) is 2.83. The number of rotatable bonds is 4. The fraction of sp³-hybridized carbons (Fsp3) is 0.312. The van der Waals surface area contributed by atoms with Crippen molar-refractivity contribution >= 4 is 5.69 Å². The van der Waals surface area contributed by atoms with Gasteiger partial charge in [0.15, 0.2) is 0 Å². The monoisotopic (exact) mass is 270 g/mol. The van der Waals surface area contributed by atoms with Crippen molar-refractivity contribution < 1.29 is 4.74 Å². The van der Waals surface area contributed by atoms with E-state index in [1.807, 2.05) is 41.8 Å². The Morgan fingerprint density at radius 2 is 2.10 bits per heavy atom. The van der Waals surface area contributed by atoms with E-state index in [0.717, 1.165) is 29.8 Å². The fourth-order valence-corrected chi connectivity index (χ4v) is 2.41. The predicted molar refractivity (Wildman–Crippen MR) is 80.0 cm³/mol. The van der Waals surface area contributed by atoms with E-state index in [1.54, 1.807) is 6.07 Å². The van der Waals surface area contributed by atoms with Crippen LogP contribution in [0.1, 0.15) is 25.8 Å². The number of nitrogens with zero attached hydrogens (tertiary/aromatic N) is 1. The molecular weight excluding hydrogens is 252 g/mol. The third-order valence-corrected chi connectivity index (χ3v) is 3.50. The summed E-state index contributed by atoms with van der Waals surface area (Å²) >= 11 is 0. The van der Waals surface area contributed by atoms with E-state index in [4.69, 9.17) is 10.5 Å². The number of aromatic nitrogens is 1. The number of anilines is 1. The van der Waals surface area contributed by atoms with Gasteiger partial charge in [-0.2, -0.15) is 0 Å². The van der Waals surface area contributed by atoms with Gasteiger partial charge in [0.25, 0.3) is 5.56 Å². The van der Waals surface area contributed by atoms with Crippen LogP contribution >= 0.6 is 0 Å². The minimum absolute atomic E-state index is 0.0909. The molecule has 0 amide bonds. The quantitative estimate of drug-likeness (QED) is 0.929. The van der Waals surface area contributed by atoms with Crippen LogP contribution in [0.5, 0.6) is 5.75 Å². The fourth-order valence-electron chi connectivity index (χ4n) is 2.41. The molecule has 3 rings (SSSR count). The van der Waals surface area contributed by atoms with Gasteiger partial charge in [0, 0.05) is 11.6 Å². The molecule has 0 radical (unpaired) electrons. The Balaban J connectivity index is 2.12. The first kappa shape index (κ1) is 12.8. The smallest absolute Gasteiger partial charge is 0.274 e. The Morgan fingerprint density at radius 1 is 1.30 bits per heavy atom. The molecule has 0 aliphatic heterocycles. The zero-order valence-electron chi connectivity index (χ0n) is 11.5. The van der Waals surface area contributed by atoms with Gasteiger partial charge in [-0.05, 0) is 44.0 Å². The van der Waals surface area contributed by atoms with Crippen LogP contribution in [-0.4, -0.2) is 11.2 Å². The zero-order chi connectivity index (χ0) is 14.1. The van der Waals surface area contributed by atoms with Crippen molar-refractivity contribution in [2.75, 3.05) is 12.3 Å². The number of nitrogens with two attached hydrogens (primary N) is 1. The Kier molecular flexibility index (Phi) is 3.22. The first-order valence-electron chi connectivity index (χ1n) is 6.95. The standard InChI is InChI=1S/C16H18N2O2/c1-2-20-13-5-3-4-11(10-13)15-9-8-14(17)16(19)18(15)12-6-7-12/h3-5,8-10,12H,2,6-7,17H2,1H3. The summed E-state index contributed by atoms with van der Waals surface area (Å²) in [6.45, 7) is 2.58. The van der Waals surface area contributed by atoms with Crippen LogP contribution < -0.4 is 16.0 Å². The molecule has 1 aromatic heterocycles. The average molecular weight is 270 g/mol. The van der Waals surface area contributed by atoms with E-state index in [-0.39, 0.29) is 11.6 Å². The van der Waals surface area contributed by atoms with Crippen molar-refractivity contribution in [2.24, 2.45) is 0 Å². The van der Waals surface area contributed by atoms with Crippen molar-refractivity contribution in [3.8, 4) is 17.0 Å². The van der Waals surface area contributed by atoms with Gasteiger partial charge in [0.1, 0.15) is 5.75 Å². The zero-order valence-corrected chi connectivity index (χ0v) is 11.5. The van der Waals surface area contributed by atoms with Crippen molar-refractivity contribution in [3.63, 3.8) is 0 Å². The van der Waals surface area contributed by atoms with Crippen LogP contribution in [0.4, 0.5) is 5.69 Å². The first-order chi connectivity index (χ1) is 9.70. The lowest BCUT2D eigenvalue weighted by atomic mass is 10.1. The summed E-state index contributed by atoms with van der Waals surface area (Å²) in [6, 6.07) is 11.7. The number of pyridine rings is 1. The molecule has 1 aliphatic carbocycles. The highest BCUT2D eigenvalue weighted by Crippen LogP contribution is 2.37. The van der Waals surface area contributed by atoms with Gasteiger partial charge in [-0.15, -0.1) is 0 Å². The summed E-state index contributed by atoms with van der Waals surface area (Å²) in [5.41, 5.74) is 7.87. The van der Waals surface area contributed by atoms with Crippen molar-refractivity contribution in [3.05, 3.63) is 46.8 Å². The Bertz CT molecular complexity index is 687. The average Bonchev–Trinajstić information content (AvgIpc) is 3.27. The largest absolute Gasteiger partial charge is 0.494 e. The molecule has 4 nitrogen and oxygen atoms in total. The van der Waals surface area contributed by atoms with E-state index in [0.29, 0.717) is 12.3 Å². The van der Waals surface area contributed by atoms with Crippen LogP contribution in [0.2, 0.25) is 0 Å². The maximum absolute atomic E-state index is 12.3. The van der Waals surface area contributed by atoms with E-state index in [9.17, 15) is 4.79 Å². The molecule has 20 heavy (non-hydrogen) atoms. The second kappa shape index (κ2) is 5.04. The van der Waals surface area contributed by atoms with Crippen molar-refractivity contribution in [1.29, 1.82) is 0 Å². The lowest BCUT2D eigenvalue weighted by Gasteiger charge is -2.14. The molecule has 4 heteroatoms. The van der Waals surface area contributed by atoms with Crippen LogP contribution in [0.25, 0.3) is 11.3 Å². The molecule has 0 atom stereocenters. The summed E-state index contributed by atoms with van der Waals surface area (Å²) < 4.78 is 7.35. The molecular formula is C16H18N2O2. The van der Waals surface area contributed by atoms with E-state index in [2.05, 4.69) is 0 Å². The molecule has 2 N–H and O–H groups in total. The Morgan fingerprint density at radius 3 is 2.80 bits per heavy atom. The summed E-state index contributed by atoms with van der Waals surface area (Å²) in [5, 5.41) is 0. The van der Waals surface area contributed by atoms with Crippen LogP contribution in [0.15, 0.2) is 41.2 Å². The SMILES string of the molecule is CCOc1cccc(-c2ccc(N)c(=O)n2C2CC2)c1. The third-order valence-electron chi connectivity index (χ3n) is 3.50. The molecule has 1 aliphatic rings. The maximum Gasteiger partial charge on any atom is 0.274 e. The molecule has 104 valence electrons. The van der Waals surface area contributed by atoms with E-state index in [1.165, 1.54) is 0 Å². The number of hydrogen-bond donors (Lipinski definition) is 1. The molecule has 1 heterocycles. The Labute approximate surface area is 117 Å². The molecule has 1 aromatic carbocycles. The number of ether oxygens (including phenoxy) is 1. The van der Waals surface area contributed by atoms with Crippen LogP contribution in [0, 0.1) is 0 Å². The number of hydrogen-bond acceptors (Lipinski definition) is 3. The van der Waals surface area contributed by atoms with Gasteiger partial charge in [0.2, 0.25) is 0 Å². The molecule has 1 fully saturated rings. The summed E-state index contributed by atoms with van der Waals surface area (Å²) in [4.78, 5) is 12.3. The van der Waals surface area contributed by atoms with E-state index >= 15 is 0 Å². The second-order valence-corrected chi connectivity index (χ2v) is 5.04. The molecule has 0 unspecified atom stereocenters. The van der Waals surface area contributed by atoms with Crippen LogP contribution in [0.3, 0.4) is 0 Å². The van der Waals surface area contributed by atoms with E-state index < -0.39 is 0 Å². The first-order valence-corrected chi connectivity index (χ1v) is 6.95. The highest BCUT2D eigenvalue weighted by Gasteiger charge is 2.27. The normalized spacial score (nSPS) is 14.2. The molecule has 0 saturated heterocycles. The van der Waals surface area contributed by atoms with Gasteiger partial charge < -0.3 is 15.0 Å². The molecule has 2 aromatic rings. The third kappa shape index (κ3) is 2.29. The van der Waals surface area contributed by atoms with Gasteiger partial charge >= 0.3 is 0 Å². The minimum Gasteiger partial charge on any atom is -0.494 e. The Hall–Kier alpha value is -2.23. The summed E-state index contributed by atoms with van der Waals surface area (Å²) in [6.07, 6.45) is 2.09. The number of nitrogen functional groups attached to an aromatic ring is 1. The number of benzene rings is 1. The second-order valence-electron chi connectivity index (χ2n) is 5.04. The highest BCUT2D eigenvalue weighted by molar-refractivity contribution is 5.63. The van der Waals surface area contributed by atoms with Gasteiger partial charge in [-0.3, -0.25) is 4.79 Å². The van der Waals surface area contributed by atoms with Crippen molar-refractivity contribution in [1.82, 2.24) is 4.57 Å². The van der Waals surface area contributed by atoms with Gasteiger partial charge in [0.05, 0.1) is 18.0 Å². The minimum atomic E-state index is -0.0909. The summed E-state index contributed by atoms with van der Waals surface area (Å²) in [5.74, 6) is 0.816. The van der Waals surface area contributed by atoms with Crippen molar-refractivity contribution in [2.45, 2.75) is 25.8 Å². The van der Waals surface area contributed by atoms with Gasteiger partial charge in [-0.25, -0.2) is 0 Å².